The lowest BCUT2D eigenvalue weighted by Gasteiger charge is -2.31. The first-order valence-electron chi connectivity index (χ1n) is 11.1. The van der Waals surface area contributed by atoms with E-state index in [1.54, 1.807) is 44.3 Å². The molecule has 0 saturated heterocycles. The summed E-state index contributed by atoms with van der Waals surface area (Å²) >= 11 is 0. The van der Waals surface area contributed by atoms with Crippen LogP contribution in [0, 0.1) is 18.8 Å². The average molecular weight is 504 g/mol. The molecular formula is C26H28F3N3O4. The van der Waals surface area contributed by atoms with Crippen molar-refractivity contribution in [2.24, 2.45) is 0 Å². The Hall–Kier alpha value is -4.00. The quantitative estimate of drug-likeness (QED) is 0.423. The van der Waals surface area contributed by atoms with Gasteiger partial charge >= 0.3 is 18.1 Å². The van der Waals surface area contributed by atoms with Crippen molar-refractivity contribution in [1.82, 2.24) is 5.32 Å². The predicted octanol–water partition coefficient (Wildman–Crippen LogP) is 3.81. The molecule has 36 heavy (non-hydrogen) atoms. The van der Waals surface area contributed by atoms with E-state index in [-0.39, 0.29) is 0 Å². The van der Waals surface area contributed by atoms with E-state index in [1.807, 2.05) is 30.3 Å². The second-order valence-corrected chi connectivity index (χ2v) is 8.13. The summed E-state index contributed by atoms with van der Waals surface area (Å²) in [5.74, 6) is 1.93. The summed E-state index contributed by atoms with van der Waals surface area (Å²) in [6, 6.07) is 12.3. The number of aryl methyl sites for hydroxylation is 1. The third-order valence-electron chi connectivity index (χ3n) is 5.08. The highest BCUT2D eigenvalue weighted by Gasteiger charge is 2.42. The number of benzene rings is 2. The van der Waals surface area contributed by atoms with Crippen molar-refractivity contribution in [3.8, 4) is 11.8 Å². The molecule has 10 heteroatoms. The number of nitrogens with zero attached hydrogens (tertiary/aromatic N) is 1. The van der Waals surface area contributed by atoms with Crippen LogP contribution in [-0.4, -0.2) is 49.7 Å². The summed E-state index contributed by atoms with van der Waals surface area (Å²) in [4.78, 5) is 37.7. The van der Waals surface area contributed by atoms with Crippen LogP contribution in [0.15, 0.2) is 48.5 Å². The first kappa shape index (κ1) is 28.2. The van der Waals surface area contributed by atoms with E-state index in [1.165, 1.54) is 4.90 Å². The second kappa shape index (κ2) is 12.6. The Morgan fingerprint density at radius 3 is 2.31 bits per heavy atom. The zero-order valence-corrected chi connectivity index (χ0v) is 20.4. The SMILES string of the molecule is COC(=O)CC(NC(=O)C(F)(F)F)C(=O)N(c1ccc(C#CCNc2ccccc2)c(C)c1)C(C)C. The van der Waals surface area contributed by atoms with Gasteiger partial charge in [-0.2, -0.15) is 13.2 Å². The van der Waals surface area contributed by atoms with Gasteiger partial charge in [0.2, 0.25) is 5.91 Å². The van der Waals surface area contributed by atoms with Crippen LogP contribution in [0.5, 0.6) is 0 Å². The molecule has 192 valence electrons. The van der Waals surface area contributed by atoms with Crippen LogP contribution in [0.1, 0.15) is 31.4 Å². The summed E-state index contributed by atoms with van der Waals surface area (Å²) in [7, 11) is 1.04. The molecule has 2 amide bonds. The van der Waals surface area contributed by atoms with Gasteiger partial charge in [-0.05, 0) is 56.7 Å². The molecule has 0 aliphatic carbocycles. The molecule has 0 aromatic heterocycles. The maximum absolute atomic E-state index is 13.2. The van der Waals surface area contributed by atoms with Gasteiger partial charge in [0.25, 0.3) is 0 Å². The molecule has 7 nitrogen and oxygen atoms in total. The molecule has 0 fully saturated rings. The van der Waals surface area contributed by atoms with Crippen molar-refractivity contribution in [3.63, 3.8) is 0 Å². The normalized spacial score (nSPS) is 11.7. The molecule has 2 aromatic rings. The monoisotopic (exact) mass is 503 g/mol. The Balaban J connectivity index is 2.25. The van der Waals surface area contributed by atoms with Crippen LogP contribution in [-0.2, 0) is 19.1 Å². The number of ether oxygens (including phenoxy) is 1. The Labute approximate surface area is 208 Å². The Morgan fingerprint density at radius 1 is 1.08 bits per heavy atom. The van der Waals surface area contributed by atoms with E-state index in [2.05, 4.69) is 21.9 Å². The molecule has 2 rings (SSSR count). The Kier molecular flexibility index (Phi) is 9.91. The fourth-order valence-electron chi connectivity index (χ4n) is 3.32. The van der Waals surface area contributed by atoms with Crippen LogP contribution in [0.25, 0.3) is 0 Å². The number of halogens is 3. The summed E-state index contributed by atoms with van der Waals surface area (Å²) < 4.78 is 43.0. The number of methoxy groups -OCH3 is 1. The highest BCUT2D eigenvalue weighted by molar-refractivity contribution is 6.02. The lowest BCUT2D eigenvalue weighted by molar-refractivity contribution is -0.175. The molecule has 0 bridgehead atoms. The fourth-order valence-corrected chi connectivity index (χ4v) is 3.32. The number of alkyl halides is 3. The summed E-state index contributed by atoms with van der Waals surface area (Å²) in [6.45, 7) is 5.53. The van der Waals surface area contributed by atoms with E-state index < -0.39 is 42.5 Å². The van der Waals surface area contributed by atoms with Gasteiger partial charge in [-0.1, -0.05) is 30.0 Å². The first-order valence-corrected chi connectivity index (χ1v) is 11.1. The van der Waals surface area contributed by atoms with E-state index in [0.29, 0.717) is 17.8 Å². The van der Waals surface area contributed by atoms with Crippen LogP contribution in [0.4, 0.5) is 24.5 Å². The average Bonchev–Trinajstić information content (AvgIpc) is 2.82. The molecule has 2 N–H and O–H groups in total. The second-order valence-electron chi connectivity index (χ2n) is 8.13. The maximum Gasteiger partial charge on any atom is 0.471 e. The molecule has 0 spiro atoms. The molecule has 1 unspecified atom stereocenters. The molecule has 0 radical (unpaired) electrons. The topological polar surface area (TPSA) is 87.7 Å². The van der Waals surface area contributed by atoms with E-state index in [0.717, 1.165) is 18.4 Å². The van der Waals surface area contributed by atoms with E-state index in [9.17, 15) is 27.6 Å². The standard InChI is InChI=1S/C26H28F3N3O4/c1-17(2)32(24(34)22(16-23(33)36-4)31-25(35)26(27,28)29)21-13-12-19(18(3)15-21)9-8-14-30-20-10-6-5-7-11-20/h5-7,10-13,15,17,22,30H,14,16H2,1-4H3,(H,31,35). The number of anilines is 2. The van der Waals surface area contributed by atoms with Crippen molar-refractivity contribution in [1.29, 1.82) is 0 Å². The first-order chi connectivity index (χ1) is 16.9. The van der Waals surface area contributed by atoms with Gasteiger partial charge in [0.05, 0.1) is 20.1 Å². The van der Waals surface area contributed by atoms with Gasteiger partial charge in [0, 0.05) is 23.0 Å². The third-order valence-corrected chi connectivity index (χ3v) is 5.08. The number of carbonyl (C=O) groups excluding carboxylic acids is 3. The predicted molar refractivity (Wildman–Crippen MR) is 130 cm³/mol. The number of esters is 1. The van der Waals surface area contributed by atoms with Gasteiger partial charge in [0.1, 0.15) is 6.04 Å². The van der Waals surface area contributed by atoms with Crippen molar-refractivity contribution < 1.29 is 32.3 Å². The molecule has 0 aliphatic rings. The van der Waals surface area contributed by atoms with Crippen LogP contribution in [0.2, 0.25) is 0 Å². The van der Waals surface area contributed by atoms with Crippen molar-refractivity contribution >= 4 is 29.2 Å². The summed E-state index contributed by atoms with van der Waals surface area (Å²) in [6.07, 6.45) is -5.97. The van der Waals surface area contributed by atoms with Gasteiger partial charge < -0.3 is 20.3 Å². The molecule has 0 saturated carbocycles. The highest BCUT2D eigenvalue weighted by atomic mass is 19.4. The Bertz CT molecular complexity index is 1140. The lowest BCUT2D eigenvalue weighted by atomic mass is 10.1. The van der Waals surface area contributed by atoms with Gasteiger partial charge in [-0.3, -0.25) is 14.4 Å². The lowest BCUT2D eigenvalue weighted by Crippen LogP contribution is -2.54. The minimum absolute atomic E-state index is 0.386. The van der Waals surface area contributed by atoms with Crippen LogP contribution < -0.4 is 15.5 Å². The third kappa shape index (κ3) is 8.05. The number of hydrogen-bond acceptors (Lipinski definition) is 5. The van der Waals surface area contributed by atoms with Crippen molar-refractivity contribution in [2.75, 3.05) is 23.9 Å². The molecule has 2 aromatic carbocycles. The van der Waals surface area contributed by atoms with E-state index in [4.69, 9.17) is 0 Å². The largest absolute Gasteiger partial charge is 0.471 e. The molecular weight excluding hydrogens is 475 g/mol. The number of para-hydroxylation sites is 1. The molecule has 0 aliphatic heterocycles. The number of amides is 2. The van der Waals surface area contributed by atoms with Crippen LogP contribution in [0.3, 0.4) is 0 Å². The summed E-state index contributed by atoms with van der Waals surface area (Å²) in [5.41, 5.74) is 2.77. The molecule has 0 heterocycles. The smallest absolute Gasteiger partial charge is 0.469 e. The highest BCUT2D eigenvalue weighted by Crippen LogP contribution is 2.23. The fraction of sp³-hybridized carbons (Fsp3) is 0.346. The van der Waals surface area contributed by atoms with Gasteiger partial charge in [0.15, 0.2) is 0 Å². The number of carbonyl (C=O) groups is 3. The summed E-state index contributed by atoms with van der Waals surface area (Å²) in [5, 5.41) is 4.79. The van der Waals surface area contributed by atoms with Crippen molar-refractivity contribution in [2.45, 2.75) is 45.5 Å². The zero-order valence-electron chi connectivity index (χ0n) is 20.4. The minimum atomic E-state index is -5.22. The van der Waals surface area contributed by atoms with Crippen LogP contribution >= 0.6 is 0 Å². The van der Waals surface area contributed by atoms with Crippen molar-refractivity contribution in [3.05, 3.63) is 59.7 Å². The molecule has 1 atom stereocenters. The Morgan fingerprint density at radius 2 is 1.75 bits per heavy atom. The number of hydrogen-bond donors (Lipinski definition) is 2. The van der Waals surface area contributed by atoms with E-state index >= 15 is 0 Å². The zero-order chi connectivity index (χ0) is 26.9. The minimum Gasteiger partial charge on any atom is -0.469 e. The number of rotatable bonds is 8. The maximum atomic E-state index is 13.2. The van der Waals surface area contributed by atoms with Gasteiger partial charge in [-0.15, -0.1) is 0 Å². The van der Waals surface area contributed by atoms with Gasteiger partial charge in [-0.25, -0.2) is 0 Å². The number of nitrogens with one attached hydrogen (secondary N) is 2.